The lowest BCUT2D eigenvalue weighted by Gasteiger charge is -2.13. The van der Waals surface area contributed by atoms with E-state index in [2.05, 4.69) is 21.2 Å². The number of ether oxygens (including phenoxy) is 1. The highest BCUT2D eigenvalue weighted by molar-refractivity contribution is 9.10. The van der Waals surface area contributed by atoms with E-state index in [1.54, 1.807) is 0 Å². The van der Waals surface area contributed by atoms with Crippen LogP contribution in [0.4, 0.5) is 14.5 Å². The zero-order valence-electron chi connectivity index (χ0n) is 8.60. The zero-order chi connectivity index (χ0) is 11.5. The predicted molar refractivity (Wildman–Crippen MR) is 61.5 cm³/mol. The number of hydrogen-bond acceptors (Lipinski definition) is 2. The Labute approximate surface area is 101 Å². The van der Waals surface area contributed by atoms with Gasteiger partial charge in [0.2, 0.25) is 0 Å². The van der Waals surface area contributed by atoms with Gasteiger partial charge in [-0.05, 0) is 28.4 Å². The lowest BCUT2D eigenvalue weighted by molar-refractivity contribution is 0.187. The first kappa shape index (κ1) is 11.8. The van der Waals surface area contributed by atoms with E-state index in [9.17, 15) is 8.78 Å². The molecular formula is C11H12BrF2NO. The highest BCUT2D eigenvalue weighted by atomic mass is 79.9. The van der Waals surface area contributed by atoms with Gasteiger partial charge in [-0.25, -0.2) is 8.78 Å². The monoisotopic (exact) mass is 291 g/mol. The number of hydrogen-bond donors (Lipinski definition) is 1. The minimum absolute atomic E-state index is 0.313. The summed E-state index contributed by atoms with van der Waals surface area (Å²) in [7, 11) is 0. The SMILES string of the molecule is Fc1cc(F)c(NCC2CCOC2)c(Br)c1. The van der Waals surface area contributed by atoms with Crippen LogP contribution in [-0.2, 0) is 4.74 Å². The number of rotatable bonds is 3. The third-order valence-corrected chi connectivity index (χ3v) is 3.22. The van der Waals surface area contributed by atoms with Crippen LogP contribution in [0.3, 0.4) is 0 Å². The van der Waals surface area contributed by atoms with E-state index in [-0.39, 0.29) is 0 Å². The van der Waals surface area contributed by atoms with Crippen molar-refractivity contribution in [1.29, 1.82) is 0 Å². The topological polar surface area (TPSA) is 21.3 Å². The van der Waals surface area contributed by atoms with Crippen LogP contribution in [0.25, 0.3) is 0 Å². The molecule has 2 rings (SSSR count). The van der Waals surface area contributed by atoms with Crippen molar-refractivity contribution in [1.82, 2.24) is 0 Å². The fourth-order valence-electron chi connectivity index (χ4n) is 1.70. The second-order valence-electron chi connectivity index (χ2n) is 3.85. The molecule has 1 heterocycles. The second-order valence-corrected chi connectivity index (χ2v) is 4.71. The molecule has 2 nitrogen and oxygen atoms in total. The first-order chi connectivity index (χ1) is 7.66. The number of anilines is 1. The zero-order valence-corrected chi connectivity index (χ0v) is 10.2. The molecule has 1 unspecified atom stereocenters. The van der Waals surface area contributed by atoms with E-state index in [0.29, 0.717) is 29.2 Å². The standard InChI is InChI=1S/C11H12BrF2NO/c12-9-3-8(13)4-10(14)11(9)15-5-7-1-2-16-6-7/h3-4,7,15H,1-2,5-6H2. The lowest BCUT2D eigenvalue weighted by atomic mass is 10.1. The average molecular weight is 292 g/mol. The van der Waals surface area contributed by atoms with Crippen molar-refractivity contribution in [3.63, 3.8) is 0 Å². The molecule has 5 heteroatoms. The van der Waals surface area contributed by atoms with Gasteiger partial charge in [-0.15, -0.1) is 0 Å². The summed E-state index contributed by atoms with van der Waals surface area (Å²) in [5.74, 6) is -0.763. The van der Waals surface area contributed by atoms with Crippen molar-refractivity contribution >= 4 is 21.6 Å². The van der Waals surface area contributed by atoms with Crippen molar-refractivity contribution < 1.29 is 13.5 Å². The Bertz CT molecular complexity index is 357. The van der Waals surface area contributed by atoms with Gasteiger partial charge in [-0.1, -0.05) is 0 Å². The van der Waals surface area contributed by atoms with Crippen molar-refractivity contribution in [2.45, 2.75) is 6.42 Å². The molecule has 1 aliphatic rings. The summed E-state index contributed by atoms with van der Waals surface area (Å²) in [6.07, 6.45) is 0.980. The Morgan fingerprint density at radius 2 is 2.25 bits per heavy atom. The Kier molecular flexibility index (Phi) is 3.76. The van der Waals surface area contributed by atoms with Gasteiger partial charge in [0.15, 0.2) is 0 Å². The van der Waals surface area contributed by atoms with Gasteiger partial charge in [0.05, 0.1) is 12.3 Å². The van der Waals surface area contributed by atoms with E-state index in [1.807, 2.05) is 0 Å². The molecule has 0 aromatic heterocycles. The summed E-state index contributed by atoms with van der Waals surface area (Å²) in [5.41, 5.74) is 0.313. The predicted octanol–water partition coefficient (Wildman–Crippen LogP) is 3.18. The van der Waals surface area contributed by atoms with Gasteiger partial charge in [0, 0.05) is 29.6 Å². The van der Waals surface area contributed by atoms with E-state index in [1.165, 1.54) is 6.07 Å². The summed E-state index contributed by atoms with van der Waals surface area (Å²) in [6, 6.07) is 2.12. The van der Waals surface area contributed by atoms with E-state index >= 15 is 0 Å². The molecule has 0 spiro atoms. The third kappa shape index (κ3) is 2.71. The molecule has 88 valence electrons. The van der Waals surface area contributed by atoms with Gasteiger partial charge in [-0.3, -0.25) is 0 Å². The maximum absolute atomic E-state index is 13.4. The van der Waals surface area contributed by atoms with Crippen molar-refractivity contribution in [2.24, 2.45) is 5.92 Å². The molecule has 1 aliphatic heterocycles. The van der Waals surface area contributed by atoms with Gasteiger partial charge in [-0.2, -0.15) is 0 Å². The molecule has 1 saturated heterocycles. The molecule has 0 amide bonds. The normalized spacial score (nSPS) is 20.1. The van der Waals surface area contributed by atoms with E-state index in [0.717, 1.165) is 19.1 Å². The fraction of sp³-hybridized carbons (Fsp3) is 0.455. The molecule has 1 N–H and O–H groups in total. The highest BCUT2D eigenvalue weighted by Gasteiger charge is 2.17. The van der Waals surface area contributed by atoms with Crippen LogP contribution in [0.1, 0.15) is 6.42 Å². The Balaban J connectivity index is 2.03. The number of halogens is 3. The average Bonchev–Trinajstić information content (AvgIpc) is 2.68. The van der Waals surface area contributed by atoms with Crippen LogP contribution in [0.5, 0.6) is 0 Å². The first-order valence-corrected chi connectivity index (χ1v) is 5.92. The molecule has 0 bridgehead atoms. The van der Waals surface area contributed by atoms with Crippen LogP contribution in [0, 0.1) is 17.6 Å². The van der Waals surface area contributed by atoms with Crippen LogP contribution in [-0.4, -0.2) is 19.8 Å². The van der Waals surface area contributed by atoms with Crippen LogP contribution < -0.4 is 5.32 Å². The van der Waals surface area contributed by atoms with Gasteiger partial charge >= 0.3 is 0 Å². The van der Waals surface area contributed by atoms with Gasteiger partial charge < -0.3 is 10.1 Å². The summed E-state index contributed by atoms with van der Waals surface area (Å²) in [4.78, 5) is 0. The minimum atomic E-state index is -0.584. The molecule has 0 aliphatic carbocycles. The molecule has 16 heavy (non-hydrogen) atoms. The number of nitrogens with one attached hydrogen (secondary N) is 1. The maximum atomic E-state index is 13.4. The smallest absolute Gasteiger partial charge is 0.150 e. The van der Waals surface area contributed by atoms with Crippen LogP contribution in [0.2, 0.25) is 0 Å². The Morgan fingerprint density at radius 3 is 2.88 bits per heavy atom. The van der Waals surface area contributed by atoms with Gasteiger partial charge in [0.1, 0.15) is 11.6 Å². The molecule has 0 saturated carbocycles. The second kappa shape index (κ2) is 5.10. The third-order valence-electron chi connectivity index (χ3n) is 2.60. The quantitative estimate of drug-likeness (QED) is 0.924. The minimum Gasteiger partial charge on any atom is -0.381 e. The summed E-state index contributed by atoms with van der Waals surface area (Å²) >= 11 is 3.13. The van der Waals surface area contributed by atoms with Crippen molar-refractivity contribution in [2.75, 3.05) is 25.1 Å². The molecule has 1 fully saturated rings. The molecular weight excluding hydrogens is 280 g/mol. The Hall–Kier alpha value is -0.680. The lowest BCUT2D eigenvalue weighted by Crippen LogP contribution is -2.15. The van der Waals surface area contributed by atoms with E-state index in [4.69, 9.17) is 4.74 Å². The number of benzene rings is 1. The van der Waals surface area contributed by atoms with E-state index < -0.39 is 11.6 Å². The molecule has 1 aromatic rings. The summed E-state index contributed by atoms with van der Waals surface area (Å²) in [5, 5.41) is 2.98. The highest BCUT2D eigenvalue weighted by Crippen LogP contribution is 2.27. The Morgan fingerprint density at radius 1 is 1.44 bits per heavy atom. The maximum Gasteiger partial charge on any atom is 0.150 e. The summed E-state index contributed by atoms with van der Waals surface area (Å²) in [6.45, 7) is 2.11. The summed E-state index contributed by atoms with van der Waals surface area (Å²) < 4.78 is 31.9. The van der Waals surface area contributed by atoms with Crippen LogP contribution in [0.15, 0.2) is 16.6 Å². The van der Waals surface area contributed by atoms with Crippen LogP contribution >= 0.6 is 15.9 Å². The van der Waals surface area contributed by atoms with Crippen molar-refractivity contribution in [3.8, 4) is 0 Å². The fourth-order valence-corrected chi connectivity index (χ4v) is 2.25. The molecule has 1 aromatic carbocycles. The first-order valence-electron chi connectivity index (χ1n) is 5.13. The van der Waals surface area contributed by atoms with Gasteiger partial charge in [0.25, 0.3) is 0 Å². The molecule has 0 radical (unpaired) electrons. The molecule has 1 atom stereocenters. The largest absolute Gasteiger partial charge is 0.381 e. The van der Waals surface area contributed by atoms with Crippen molar-refractivity contribution in [3.05, 3.63) is 28.2 Å².